The molecule has 1 aliphatic carbocycles. The van der Waals surface area contributed by atoms with Crippen molar-refractivity contribution in [2.24, 2.45) is 11.8 Å². The van der Waals surface area contributed by atoms with Crippen molar-refractivity contribution in [3.8, 4) is 11.8 Å². The van der Waals surface area contributed by atoms with E-state index in [9.17, 15) is 9.90 Å². The third-order valence-corrected chi connectivity index (χ3v) is 3.82. The third-order valence-electron chi connectivity index (χ3n) is 3.82. The molecule has 2 fully saturated rings. The summed E-state index contributed by atoms with van der Waals surface area (Å²) in [6, 6.07) is 0. The zero-order chi connectivity index (χ0) is 13.0. The van der Waals surface area contributed by atoms with Crippen molar-refractivity contribution in [2.45, 2.75) is 51.2 Å². The quantitative estimate of drug-likeness (QED) is 0.470. The molecule has 3 heteroatoms. The maximum absolute atomic E-state index is 11.2. The minimum Gasteiger partial charge on any atom is -0.462 e. The van der Waals surface area contributed by atoms with Crippen LogP contribution in [0.5, 0.6) is 0 Å². The number of hydrogen-bond donors (Lipinski definition) is 1. The van der Waals surface area contributed by atoms with Gasteiger partial charge < -0.3 is 9.84 Å². The van der Waals surface area contributed by atoms with Gasteiger partial charge in [0.25, 0.3) is 0 Å². The van der Waals surface area contributed by atoms with Crippen LogP contribution in [0.4, 0.5) is 0 Å². The third kappa shape index (κ3) is 3.14. The summed E-state index contributed by atoms with van der Waals surface area (Å²) in [5.74, 6) is 6.40. The molecule has 1 saturated carbocycles. The van der Waals surface area contributed by atoms with Crippen LogP contribution in [0.3, 0.4) is 0 Å². The van der Waals surface area contributed by atoms with Crippen molar-refractivity contribution in [1.29, 1.82) is 0 Å². The molecular formula is C15H20O3. The van der Waals surface area contributed by atoms with Crippen molar-refractivity contribution < 1.29 is 14.6 Å². The maximum Gasteiger partial charge on any atom is 0.306 e. The van der Waals surface area contributed by atoms with E-state index in [4.69, 9.17) is 4.74 Å². The topological polar surface area (TPSA) is 46.5 Å². The molecule has 1 aliphatic heterocycles. The molecule has 2 rings (SSSR count). The number of aliphatic hydroxyl groups is 1. The number of carbonyl (C=O) groups is 1. The Hall–Kier alpha value is -1.27. The highest BCUT2D eigenvalue weighted by Gasteiger charge is 2.43. The average molecular weight is 248 g/mol. The number of carbonyl (C=O) groups excluding carboxylic acids is 1. The Morgan fingerprint density at radius 3 is 3.17 bits per heavy atom. The summed E-state index contributed by atoms with van der Waals surface area (Å²) in [5.41, 5.74) is 0. The van der Waals surface area contributed by atoms with Gasteiger partial charge in [-0.1, -0.05) is 12.2 Å². The van der Waals surface area contributed by atoms with Gasteiger partial charge in [0.2, 0.25) is 0 Å². The van der Waals surface area contributed by atoms with Gasteiger partial charge in [0.15, 0.2) is 0 Å². The fraction of sp³-hybridized carbons (Fsp3) is 0.667. The predicted octanol–water partition coefficient (Wildman–Crippen LogP) is 2.05. The average Bonchev–Trinajstić information content (AvgIpc) is 2.86. The monoisotopic (exact) mass is 248 g/mol. The molecule has 0 radical (unpaired) electrons. The second-order valence-corrected chi connectivity index (χ2v) is 5.06. The Morgan fingerprint density at radius 2 is 2.39 bits per heavy atom. The summed E-state index contributed by atoms with van der Waals surface area (Å²) in [7, 11) is 0. The molecule has 0 aromatic rings. The minimum atomic E-state index is -0.428. The van der Waals surface area contributed by atoms with E-state index in [2.05, 4.69) is 17.9 Å². The van der Waals surface area contributed by atoms with Crippen molar-refractivity contribution >= 4 is 5.97 Å². The van der Waals surface area contributed by atoms with Crippen LogP contribution < -0.4 is 0 Å². The van der Waals surface area contributed by atoms with E-state index >= 15 is 0 Å². The van der Waals surface area contributed by atoms with Crippen molar-refractivity contribution in [3.05, 3.63) is 12.2 Å². The Labute approximate surface area is 108 Å². The molecule has 0 bridgehead atoms. The van der Waals surface area contributed by atoms with Crippen LogP contribution >= 0.6 is 0 Å². The molecule has 0 unspecified atom stereocenters. The number of fused-ring (bicyclic) bond motifs is 1. The molecule has 4 atom stereocenters. The predicted molar refractivity (Wildman–Crippen MR) is 68.5 cm³/mol. The number of allylic oxidation sites excluding steroid dienone is 1. The van der Waals surface area contributed by atoms with Crippen molar-refractivity contribution in [1.82, 2.24) is 0 Å². The number of hydrogen-bond acceptors (Lipinski definition) is 3. The van der Waals surface area contributed by atoms with Crippen LogP contribution in [0.15, 0.2) is 12.2 Å². The van der Waals surface area contributed by atoms with Crippen LogP contribution in [0.1, 0.15) is 39.0 Å². The highest BCUT2D eigenvalue weighted by Crippen LogP contribution is 2.41. The molecule has 0 aromatic carbocycles. The molecule has 98 valence electrons. The van der Waals surface area contributed by atoms with E-state index in [1.807, 2.05) is 6.08 Å². The molecule has 2 aliphatic rings. The number of aliphatic hydroxyl groups excluding tert-OH is 1. The highest BCUT2D eigenvalue weighted by atomic mass is 16.5. The van der Waals surface area contributed by atoms with Crippen LogP contribution in [-0.2, 0) is 9.53 Å². The fourth-order valence-electron chi connectivity index (χ4n) is 2.85. The Kier molecular flexibility index (Phi) is 4.43. The largest absolute Gasteiger partial charge is 0.462 e. The lowest BCUT2D eigenvalue weighted by atomic mass is 9.92. The first-order valence-corrected chi connectivity index (χ1v) is 6.66. The molecular weight excluding hydrogens is 228 g/mol. The first kappa shape index (κ1) is 13.2. The zero-order valence-electron chi connectivity index (χ0n) is 10.8. The highest BCUT2D eigenvalue weighted by molar-refractivity contribution is 5.72. The fourth-order valence-corrected chi connectivity index (χ4v) is 2.85. The summed E-state index contributed by atoms with van der Waals surface area (Å²) in [5, 5.41) is 9.78. The first-order valence-electron chi connectivity index (χ1n) is 6.66. The molecule has 3 nitrogen and oxygen atoms in total. The normalized spacial score (nSPS) is 31.9. The summed E-state index contributed by atoms with van der Waals surface area (Å²) >= 11 is 0. The molecule has 0 spiro atoms. The maximum atomic E-state index is 11.2. The van der Waals surface area contributed by atoms with E-state index in [0.717, 1.165) is 19.3 Å². The van der Waals surface area contributed by atoms with Gasteiger partial charge in [0.1, 0.15) is 6.10 Å². The lowest BCUT2D eigenvalue weighted by molar-refractivity contribution is -0.141. The summed E-state index contributed by atoms with van der Waals surface area (Å²) in [6.07, 6.45) is 7.57. The lowest BCUT2D eigenvalue weighted by Crippen LogP contribution is -2.12. The van der Waals surface area contributed by atoms with Gasteiger partial charge in [-0.15, -0.1) is 11.8 Å². The number of rotatable bonds is 4. The molecule has 0 amide bonds. The molecule has 0 aromatic heterocycles. The van der Waals surface area contributed by atoms with Gasteiger partial charge in [-0.05, 0) is 32.1 Å². The van der Waals surface area contributed by atoms with Gasteiger partial charge in [-0.25, -0.2) is 0 Å². The van der Waals surface area contributed by atoms with E-state index in [-0.39, 0.29) is 12.1 Å². The lowest BCUT2D eigenvalue weighted by Gasteiger charge is -2.12. The Balaban J connectivity index is 1.81. The SMILES string of the molecule is CC#CCC[C@@H](O)C=C[C@H]1CC[C@@H]2OC(=O)C[C@@H]21. The summed E-state index contributed by atoms with van der Waals surface area (Å²) in [4.78, 5) is 11.2. The van der Waals surface area contributed by atoms with Gasteiger partial charge in [-0.2, -0.15) is 0 Å². The van der Waals surface area contributed by atoms with Crippen LogP contribution in [0.2, 0.25) is 0 Å². The van der Waals surface area contributed by atoms with Crippen LogP contribution in [0.25, 0.3) is 0 Å². The number of ether oxygens (including phenoxy) is 1. The second kappa shape index (κ2) is 6.06. The summed E-state index contributed by atoms with van der Waals surface area (Å²) < 4.78 is 5.25. The smallest absolute Gasteiger partial charge is 0.306 e. The van der Waals surface area contributed by atoms with Gasteiger partial charge in [-0.3, -0.25) is 4.79 Å². The Morgan fingerprint density at radius 1 is 1.56 bits per heavy atom. The van der Waals surface area contributed by atoms with Crippen LogP contribution in [0, 0.1) is 23.7 Å². The Bertz CT molecular complexity index is 388. The number of esters is 1. The standard InChI is InChI=1S/C15H20O3/c1-2-3-4-5-12(16)8-6-11-7-9-14-13(11)10-15(17)18-14/h6,8,11-14,16H,4-5,7,9-10H2,1H3/t11-,12+,13+,14-/m0/s1. The van der Waals surface area contributed by atoms with Crippen LogP contribution in [-0.4, -0.2) is 23.3 Å². The molecule has 1 N–H and O–H groups in total. The first-order chi connectivity index (χ1) is 8.70. The van der Waals surface area contributed by atoms with Crippen molar-refractivity contribution in [2.75, 3.05) is 0 Å². The summed E-state index contributed by atoms with van der Waals surface area (Å²) in [6.45, 7) is 1.80. The molecule has 18 heavy (non-hydrogen) atoms. The second-order valence-electron chi connectivity index (χ2n) is 5.06. The van der Waals surface area contributed by atoms with E-state index in [0.29, 0.717) is 24.7 Å². The molecule has 1 heterocycles. The van der Waals surface area contributed by atoms with E-state index in [1.165, 1.54) is 0 Å². The zero-order valence-corrected chi connectivity index (χ0v) is 10.8. The minimum absolute atomic E-state index is 0.0677. The van der Waals surface area contributed by atoms with Gasteiger partial charge >= 0.3 is 5.97 Å². The van der Waals surface area contributed by atoms with E-state index in [1.54, 1.807) is 6.92 Å². The van der Waals surface area contributed by atoms with E-state index < -0.39 is 6.10 Å². The molecule has 1 saturated heterocycles. The van der Waals surface area contributed by atoms with Gasteiger partial charge in [0.05, 0.1) is 12.5 Å². The van der Waals surface area contributed by atoms with Crippen molar-refractivity contribution in [3.63, 3.8) is 0 Å². The van der Waals surface area contributed by atoms with Gasteiger partial charge in [0, 0.05) is 12.3 Å².